The number of nitrogen functional groups attached to an aromatic ring is 1. The van der Waals surface area contributed by atoms with Crippen molar-refractivity contribution < 1.29 is 33.0 Å². The molecule has 1 amide bonds. The number of carboxylic acids is 1. The predicted molar refractivity (Wildman–Crippen MR) is 127 cm³/mol. The number of fused-ring (bicyclic) bond motifs is 1. The summed E-state index contributed by atoms with van der Waals surface area (Å²) >= 11 is 0. The van der Waals surface area contributed by atoms with Crippen molar-refractivity contribution in [2.45, 2.75) is 12.3 Å². The number of carbonyl (C=O) groups is 2. The average Bonchev–Trinajstić information content (AvgIpc) is 2.87. The predicted octanol–water partition coefficient (Wildman–Crippen LogP) is 2.41. The van der Waals surface area contributed by atoms with E-state index in [2.05, 4.69) is 9.97 Å². The van der Waals surface area contributed by atoms with E-state index in [9.17, 15) is 19.1 Å². The molecule has 1 saturated heterocycles. The Balaban J connectivity index is 1.48. The molecule has 3 N–H and O–H groups in total. The zero-order valence-corrected chi connectivity index (χ0v) is 19.7. The zero-order valence-electron chi connectivity index (χ0n) is 19.7. The smallest absolute Gasteiger partial charge is 0.311 e. The average molecular weight is 501 g/mol. The summed E-state index contributed by atoms with van der Waals surface area (Å²) in [7, 11) is 2.70. The molecule has 3 aromatic rings. The van der Waals surface area contributed by atoms with Crippen LogP contribution in [0.1, 0.15) is 17.9 Å². The molecule has 36 heavy (non-hydrogen) atoms. The first kappa shape index (κ1) is 24.9. The molecule has 1 aromatic heterocycles. The molecule has 1 atom stereocenters. The lowest BCUT2D eigenvalue weighted by Crippen LogP contribution is -2.49. The van der Waals surface area contributed by atoms with Crippen molar-refractivity contribution in [2.24, 2.45) is 0 Å². The monoisotopic (exact) mass is 501 g/mol. The van der Waals surface area contributed by atoms with Crippen LogP contribution in [0.4, 0.5) is 20.5 Å². The summed E-state index contributed by atoms with van der Waals surface area (Å²) < 4.78 is 38.5. The van der Waals surface area contributed by atoms with Crippen LogP contribution in [0.25, 0.3) is 10.9 Å². The van der Waals surface area contributed by atoms with Gasteiger partial charge in [-0.25, -0.2) is 13.8 Å². The second kappa shape index (κ2) is 10.2. The molecule has 12 heteroatoms. The van der Waals surface area contributed by atoms with E-state index in [0.717, 1.165) is 12.1 Å². The summed E-state index contributed by atoms with van der Waals surface area (Å²) in [5, 5.41) is 9.87. The Morgan fingerprint density at radius 2 is 1.75 bits per heavy atom. The van der Waals surface area contributed by atoms with Crippen molar-refractivity contribution in [3.63, 3.8) is 0 Å². The third kappa shape index (κ3) is 4.79. The van der Waals surface area contributed by atoms with Crippen molar-refractivity contribution in [1.82, 2.24) is 14.9 Å². The summed E-state index contributed by atoms with van der Waals surface area (Å²) in [5.41, 5.74) is 6.42. The van der Waals surface area contributed by atoms with E-state index in [4.69, 9.17) is 15.2 Å². The van der Waals surface area contributed by atoms with E-state index in [1.165, 1.54) is 32.4 Å². The first-order valence-corrected chi connectivity index (χ1v) is 11.1. The summed E-state index contributed by atoms with van der Waals surface area (Å²) in [6.45, 7) is 1.23. The Hall–Kier alpha value is -4.22. The van der Waals surface area contributed by atoms with E-state index in [1.807, 2.05) is 0 Å². The van der Waals surface area contributed by atoms with Crippen LogP contribution >= 0.6 is 0 Å². The van der Waals surface area contributed by atoms with Gasteiger partial charge in [0, 0.05) is 38.0 Å². The van der Waals surface area contributed by atoms with Crippen molar-refractivity contribution in [1.29, 1.82) is 0 Å². The first-order valence-electron chi connectivity index (χ1n) is 11.1. The van der Waals surface area contributed by atoms with Crippen LogP contribution in [0.3, 0.4) is 0 Å². The fourth-order valence-corrected chi connectivity index (χ4v) is 4.18. The van der Waals surface area contributed by atoms with Crippen molar-refractivity contribution in [3.05, 3.63) is 47.5 Å². The molecule has 2 aromatic carbocycles. The second-order valence-electron chi connectivity index (χ2n) is 8.25. The zero-order chi connectivity index (χ0) is 26.0. The highest BCUT2D eigenvalue weighted by atomic mass is 19.1. The summed E-state index contributed by atoms with van der Waals surface area (Å²) in [5.74, 6) is -3.47. The summed E-state index contributed by atoms with van der Waals surface area (Å²) in [4.78, 5) is 36.6. The molecule has 0 radical (unpaired) electrons. The van der Waals surface area contributed by atoms with E-state index in [0.29, 0.717) is 18.7 Å². The standard InChI is InChI=1S/C24H25F2N5O5/c1-35-17-11-16-20(19(26)21(17)36-2)28-24(29-22(16)27)31-9-7-30(8-10-31)18(32)12-15(23(33)34)13-3-5-14(25)6-4-13/h3-6,11,15H,7-10,12H2,1-2H3,(H,33,34)(H2,27,28,29)/t15-/m1/s1. The van der Waals surface area contributed by atoms with Crippen molar-refractivity contribution in [3.8, 4) is 11.5 Å². The van der Waals surface area contributed by atoms with Crippen LogP contribution in [0, 0.1) is 11.6 Å². The fraction of sp³-hybridized carbons (Fsp3) is 0.333. The van der Waals surface area contributed by atoms with E-state index in [1.54, 1.807) is 9.80 Å². The number of hydrogen-bond acceptors (Lipinski definition) is 8. The Kier molecular flexibility index (Phi) is 7.04. The van der Waals surface area contributed by atoms with Gasteiger partial charge in [0.2, 0.25) is 11.9 Å². The molecule has 0 saturated carbocycles. The number of carboxylic acid groups (broad SMARTS) is 1. The third-order valence-corrected chi connectivity index (χ3v) is 6.16. The van der Waals surface area contributed by atoms with Gasteiger partial charge in [0.1, 0.15) is 17.2 Å². The van der Waals surface area contributed by atoms with Gasteiger partial charge >= 0.3 is 5.97 Å². The van der Waals surface area contributed by atoms with E-state index >= 15 is 4.39 Å². The number of ether oxygens (including phenoxy) is 2. The SMILES string of the molecule is COc1cc2c(N)nc(N3CCN(C(=O)C[C@@H](C(=O)O)c4ccc(F)cc4)CC3)nc2c(F)c1OC. The minimum Gasteiger partial charge on any atom is -0.493 e. The minimum absolute atomic E-state index is 0.0164. The van der Waals surface area contributed by atoms with Gasteiger partial charge in [0.15, 0.2) is 17.3 Å². The van der Waals surface area contributed by atoms with Crippen LogP contribution < -0.4 is 20.1 Å². The number of carbonyl (C=O) groups excluding carboxylic acids is 1. The lowest BCUT2D eigenvalue weighted by molar-refractivity contribution is -0.143. The van der Waals surface area contributed by atoms with Gasteiger partial charge in [-0.15, -0.1) is 0 Å². The molecule has 1 fully saturated rings. The number of piperazine rings is 1. The normalized spacial score (nSPS) is 14.6. The Bertz CT molecular complexity index is 1300. The number of anilines is 2. The maximum atomic E-state index is 15.1. The molecule has 0 aliphatic carbocycles. The molecule has 0 bridgehead atoms. The highest BCUT2D eigenvalue weighted by molar-refractivity contribution is 5.92. The number of hydrogen-bond donors (Lipinski definition) is 2. The van der Waals surface area contributed by atoms with Gasteiger partial charge in [-0.2, -0.15) is 4.98 Å². The number of methoxy groups -OCH3 is 2. The molecule has 4 rings (SSSR count). The highest BCUT2D eigenvalue weighted by Gasteiger charge is 2.29. The van der Waals surface area contributed by atoms with Crippen molar-refractivity contribution in [2.75, 3.05) is 51.0 Å². The third-order valence-electron chi connectivity index (χ3n) is 6.16. The topological polar surface area (TPSA) is 131 Å². The lowest BCUT2D eigenvalue weighted by Gasteiger charge is -2.35. The van der Waals surface area contributed by atoms with Crippen LogP contribution in [0.5, 0.6) is 11.5 Å². The number of rotatable bonds is 7. The van der Waals surface area contributed by atoms with Gasteiger partial charge < -0.3 is 30.1 Å². The quantitative estimate of drug-likeness (QED) is 0.501. The number of aromatic nitrogens is 2. The molecule has 1 aliphatic heterocycles. The first-order chi connectivity index (χ1) is 17.2. The molecule has 1 aliphatic rings. The van der Waals surface area contributed by atoms with Crippen LogP contribution in [0.2, 0.25) is 0 Å². The Morgan fingerprint density at radius 3 is 2.33 bits per heavy atom. The molecular weight excluding hydrogens is 476 g/mol. The maximum absolute atomic E-state index is 15.1. The van der Waals surface area contributed by atoms with Gasteiger partial charge in [-0.1, -0.05) is 12.1 Å². The van der Waals surface area contributed by atoms with Gasteiger partial charge in [-0.3, -0.25) is 9.59 Å². The molecule has 0 spiro atoms. The molecule has 0 unspecified atom stereocenters. The number of aliphatic carboxylic acids is 1. The largest absolute Gasteiger partial charge is 0.493 e. The highest BCUT2D eigenvalue weighted by Crippen LogP contribution is 2.37. The Labute approximate surface area is 205 Å². The number of halogens is 2. The van der Waals surface area contributed by atoms with Crippen molar-refractivity contribution >= 4 is 34.5 Å². The van der Waals surface area contributed by atoms with Gasteiger partial charge in [0.05, 0.1) is 20.1 Å². The van der Waals surface area contributed by atoms with Crippen LogP contribution in [-0.4, -0.2) is 72.2 Å². The minimum atomic E-state index is -1.16. The fourth-order valence-electron chi connectivity index (χ4n) is 4.18. The number of nitrogens with two attached hydrogens (primary N) is 1. The van der Waals surface area contributed by atoms with E-state index in [-0.39, 0.29) is 59.6 Å². The molecule has 10 nitrogen and oxygen atoms in total. The second-order valence-corrected chi connectivity index (χ2v) is 8.25. The molecule has 190 valence electrons. The molecular formula is C24H25F2N5O5. The summed E-state index contributed by atoms with van der Waals surface area (Å²) in [6.07, 6.45) is -0.257. The van der Waals surface area contributed by atoms with E-state index < -0.39 is 23.5 Å². The number of amides is 1. The van der Waals surface area contributed by atoms with Crippen LogP contribution in [-0.2, 0) is 9.59 Å². The summed E-state index contributed by atoms with van der Waals surface area (Å²) in [6, 6.07) is 6.57. The maximum Gasteiger partial charge on any atom is 0.311 e. The molecule has 2 heterocycles. The van der Waals surface area contributed by atoms with Crippen LogP contribution in [0.15, 0.2) is 30.3 Å². The number of benzene rings is 2. The Morgan fingerprint density at radius 1 is 1.08 bits per heavy atom. The number of nitrogens with zero attached hydrogens (tertiary/aromatic N) is 4. The van der Waals surface area contributed by atoms with Gasteiger partial charge in [0.25, 0.3) is 0 Å². The van der Waals surface area contributed by atoms with Gasteiger partial charge in [-0.05, 0) is 23.8 Å². The lowest BCUT2D eigenvalue weighted by atomic mass is 9.95.